The largest absolute Gasteiger partial charge is 0.526 e. The van der Waals surface area contributed by atoms with Crippen molar-refractivity contribution in [3.8, 4) is 0 Å². The van der Waals surface area contributed by atoms with E-state index >= 15 is 4.39 Å². The van der Waals surface area contributed by atoms with Crippen molar-refractivity contribution < 1.29 is 28.0 Å². The molecule has 3 aliphatic heterocycles. The average molecular weight is 472 g/mol. The van der Waals surface area contributed by atoms with Gasteiger partial charge in [-0.1, -0.05) is 6.07 Å². The molecule has 1 aromatic rings. The molecule has 1 aromatic carbocycles. The quantitative estimate of drug-likeness (QED) is 0.481. The number of carbonyl (C=O) groups excluding carboxylic acids is 2. The third-order valence-electron chi connectivity index (χ3n) is 7.11. The maximum atomic E-state index is 15.6. The Kier molecular flexibility index (Phi) is 6.09. The highest BCUT2D eigenvalue weighted by Crippen LogP contribution is 2.43. The van der Waals surface area contributed by atoms with Crippen LogP contribution in [-0.4, -0.2) is 53.9 Å². The van der Waals surface area contributed by atoms with Gasteiger partial charge in [0.15, 0.2) is 0 Å². The minimum atomic E-state index is -1.24. The van der Waals surface area contributed by atoms with Crippen molar-refractivity contribution in [1.29, 1.82) is 0 Å². The molecule has 0 bridgehead atoms. The molecule has 184 valence electrons. The normalized spacial score (nSPS) is 23.6. The van der Waals surface area contributed by atoms with Gasteiger partial charge in [-0.3, -0.25) is 4.79 Å². The van der Waals surface area contributed by atoms with Crippen molar-refractivity contribution >= 4 is 30.4 Å². The summed E-state index contributed by atoms with van der Waals surface area (Å²) in [6, 6.07) is 5.65. The zero-order chi connectivity index (χ0) is 25.1. The smallest absolute Gasteiger partial charge is 0.444 e. The second-order valence-corrected chi connectivity index (χ2v) is 11.3. The van der Waals surface area contributed by atoms with Crippen molar-refractivity contribution in [2.45, 2.75) is 84.0 Å². The molecule has 9 heteroatoms. The van der Waals surface area contributed by atoms with Crippen LogP contribution in [0.15, 0.2) is 23.9 Å². The standard InChI is InChI=1S/C25H34BFN2O5/c1-23(2,3)32-22(31)29-12-10-15(11-13-29)16-8-9-18-17(14-16)19(21(30)28-18)20(27)26-33-24(4,5)25(6,7)34-26/h8-9,14-15H,10-13H2,1-7H3,(H,28,30). The third kappa shape index (κ3) is 4.60. The number of rotatable bonds is 2. The second-order valence-electron chi connectivity index (χ2n) is 11.3. The van der Waals surface area contributed by atoms with Crippen LogP contribution in [0.4, 0.5) is 14.9 Å². The number of carbonyl (C=O) groups is 2. The van der Waals surface area contributed by atoms with E-state index in [9.17, 15) is 9.59 Å². The zero-order valence-electron chi connectivity index (χ0n) is 21.1. The number of likely N-dealkylation sites (tertiary alicyclic amines) is 1. The van der Waals surface area contributed by atoms with Crippen LogP contribution in [0, 0.1) is 0 Å². The van der Waals surface area contributed by atoms with Gasteiger partial charge in [-0.2, -0.15) is 0 Å². The summed E-state index contributed by atoms with van der Waals surface area (Å²) >= 11 is 0. The van der Waals surface area contributed by atoms with Gasteiger partial charge in [0.25, 0.3) is 5.91 Å². The summed E-state index contributed by atoms with van der Waals surface area (Å²) < 4.78 is 32.7. The van der Waals surface area contributed by atoms with Crippen LogP contribution in [-0.2, 0) is 18.8 Å². The second kappa shape index (κ2) is 8.38. The monoisotopic (exact) mass is 472 g/mol. The molecule has 0 atom stereocenters. The Morgan fingerprint density at radius 1 is 1.15 bits per heavy atom. The van der Waals surface area contributed by atoms with E-state index < -0.39 is 35.6 Å². The van der Waals surface area contributed by atoms with Gasteiger partial charge in [0, 0.05) is 24.3 Å². The van der Waals surface area contributed by atoms with Crippen LogP contribution in [0.1, 0.15) is 78.4 Å². The van der Waals surface area contributed by atoms with Gasteiger partial charge in [0.1, 0.15) is 11.3 Å². The number of hydrogen-bond donors (Lipinski definition) is 1. The van der Waals surface area contributed by atoms with Gasteiger partial charge in [0.05, 0.1) is 16.8 Å². The predicted octanol–water partition coefficient (Wildman–Crippen LogP) is 5.07. The minimum absolute atomic E-state index is 0.0402. The molecule has 0 spiro atoms. The molecular formula is C25H34BFN2O5. The van der Waals surface area contributed by atoms with E-state index in [2.05, 4.69) is 5.32 Å². The first-order valence-electron chi connectivity index (χ1n) is 11.9. The number of nitrogens with zero attached hydrogens (tertiary/aromatic N) is 1. The molecule has 3 heterocycles. The van der Waals surface area contributed by atoms with Crippen LogP contribution >= 0.6 is 0 Å². The van der Waals surface area contributed by atoms with Gasteiger partial charge < -0.3 is 24.3 Å². The maximum absolute atomic E-state index is 15.6. The minimum Gasteiger partial charge on any atom is -0.444 e. The molecule has 7 nitrogen and oxygen atoms in total. The highest BCUT2D eigenvalue weighted by atomic mass is 19.1. The molecule has 4 rings (SSSR count). The Balaban J connectivity index is 1.53. The number of anilines is 1. The summed E-state index contributed by atoms with van der Waals surface area (Å²) in [7, 11) is -1.24. The lowest BCUT2D eigenvalue weighted by Crippen LogP contribution is -2.41. The number of amides is 2. The summed E-state index contributed by atoms with van der Waals surface area (Å²) in [5.74, 6) is -0.306. The fourth-order valence-electron chi connectivity index (χ4n) is 4.46. The van der Waals surface area contributed by atoms with E-state index in [0.717, 1.165) is 18.4 Å². The fraction of sp³-hybridized carbons (Fsp3) is 0.600. The van der Waals surface area contributed by atoms with Crippen LogP contribution in [0.3, 0.4) is 0 Å². The Bertz CT molecular complexity index is 1020. The Morgan fingerprint density at radius 2 is 1.74 bits per heavy atom. The van der Waals surface area contributed by atoms with E-state index in [0.29, 0.717) is 24.3 Å². The number of benzene rings is 1. The number of fused-ring (bicyclic) bond motifs is 1. The van der Waals surface area contributed by atoms with Gasteiger partial charge in [-0.05, 0) is 84.9 Å². The highest BCUT2D eigenvalue weighted by Gasteiger charge is 2.54. The van der Waals surface area contributed by atoms with Crippen molar-refractivity contribution in [2.75, 3.05) is 18.4 Å². The lowest BCUT2D eigenvalue weighted by atomic mass is 9.82. The topological polar surface area (TPSA) is 77.1 Å². The molecule has 3 aliphatic rings. The molecule has 0 aliphatic carbocycles. The van der Waals surface area contributed by atoms with E-state index in [1.54, 1.807) is 4.90 Å². The molecule has 2 saturated heterocycles. The summed E-state index contributed by atoms with van der Waals surface area (Å²) in [5.41, 5.74) is -0.607. The Labute approximate surface area is 201 Å². The van der Waals surface area contributed by atoms with Crippen LogP contribution in [0.25, 0.3) is 5.57 Å². The lowest BCUT2D eigenvalue weighted by molar-refractivity contribution is -0.110. The number of nitrogens with one attached hydrogen (secondary N) is 1. The van der Waals surface area contributed by atoms with Gasteiger partial charge in [0.2, 0.25) is 0 Å². The molecule has 34 heavy (non-hydrogen) atoms. The predicted molar refractivity (Wildman–Crippen MR) is 129 cm³/mol. The summed E-state index contributed by atoms with van der Waals surface area (Å²) in [6.45, 7) is 14.1. The maximum Gasteiger partial charge on any atom is 0.526 e. The number of piperidine rings is 1. The van der Waals surface area contributed by atoms with Crippen LogP contribution in [0.2, 0.25) is 0 Å². The zero-order valence-corrected chi connectivity index (χ0v) is 21.1. The Hall–Kier alpha value is -2.39. The Morgan fingerprint density at radius 3 is 2.29 bits per heavy atom. The molecule has 0 unspecified atom stereocenters. The first-order valence-corrected chi connectivity index (χ1v) is 11.9. The summed E-state index contributed by atoms with van der Waals surface area (Å²) in [5, 5.41) is 2.75. The first kappa shape index (κ1) is 24.7. The molecular weight excluding hydrogens is 438 g/mol. The summed E-state index contributed by atoms with van der Waals surface area (Å²) in [6.07, 6.45) is 1.22. The van der Waals surface area contributed by atoms with Crippen LogP contribution in [0.5, 0.6) is 0 Å². The van der Waals surface area contributed by atoms with E-state index in [1.807, 2.05) is 66.7 Å². The van der Waals surface area contributed by atoms with Gasteiger partial charge in [-0.15, -0.1) is 0 Å². The number of ether oxygens (including phenoxy) is 1. The van der Waals surface area contributed by atoms with Gasteiger partial charge >= 0.3 is 13.2 Å². The fourth-order valence-corrected chi connectivity index (χ4v) is 4.46. The van der Waals surface area contributed by atoms with E-state index in [-0.39, 0.29) is 17.6 Å². The van der Waals surface area contributed by atoms with Crippen molar-refractivity contribution in [1.82, 2.24) is 4.90 Å². The van der Waals surface area contributed by atoms with E-state index in [1.165, 1.54) is 0 Å². The number of hydrogen-bond acceptors (Lipinski definition) is 5. The average Bonchev–Trinajstić information content (AvgIpc) is 3.16. The molecule has 1 N–H and O–H groups in total. The molecule has 0 aromatic heterocycles. The van der Waals surface area contributed by atoms with Crippen molar-refractivity contribution in [3.05, 3.63) is 35.1 Å². The molecule has 0 saturated carbocycles. The first-order chi connectivity index (χ1) is 15.7. The van der Waals surface area contributed by atoms with Crippen LogP contribution < -0.4 is 5.32 Å². The lowest BCUT2D eigenvalue weighted by Gasteiger charge is -2.33. The highest BCUT2D eigenvalue weighted by molar-refractivity contribution is 6.58. The molecule has 2 amide bonds. The molecule has 2 fully saturated rings. The number of halogens is 1. The summed E-state index contributed by atoms with van der Waals surface area (Å²) in [4.78, 5) is 26.8. The SMILES string of the molecule is CC(C)(C)OC(=O)N1CCC(c2ccc3c(c2)C(=C(F)B2OC(C)(C)C(C)(C)O2)C(=O)N3)CC1. The van der Waals surface area contributed by atoms with E-state index in [4.69, 9.17) is 14.0 Å². The van der Waals surface area contributed by atoms with Crippen molar-refractivity contribution in [3.63, 3.8) is 0 Å². The molecule has 0 radical (unpaired) electrons. The van der Waals surface area contributed by atoms with Gasteiger partial charge in [-0.25, -0.2) is 9.18 Å². The van der Waals surface area contributed by atoms with Crippen molar-refractivity contribution in [2.24, 2.45) is 0 Å². The third-order valence-corrected chi connectivity index (χ3v) is 7.11.